The predicted molar refractivity (Wildman–Crippen MR) is 34.6 cm³/mol. The fourth-order valence-corrected chi connectivity index (χ4v) is 1.09. The van der Waals surface area contributed by atoms with Gasteiger partial charge in [-0.3, -0.25) is 0 Å². The maximum atomic E-state index is 10.7. The third kappa shape index (κ3) is 0.708. The summed E-state index contributed by atoms with van der Waals surface area (Å²) in [7, 11) is 0. The van der Waals surface area contributed by atoms with Crippen LogP contribution in [-0.2, 0) is 6.42 Å². The summed E-state index contributed by atoms with van der Waals surface area (Å²) in [6.07, 6.45) is 3.88. The summed E-state index contributed by atoms with van der Waals surface area (Å²) in [5, 5.41) is 10.7. The minimum atomic E-state index is 0.708. The van der Waals surface area contributed by atoms with Gasteiger partial charge in [-0.05, 0) is 0 Å². The summed E-state index contributed by atoms with van der Waals surface area (Å²) in [5.74, 6) is 0.734. The SMILES string of the molecule is [O-][n+]1ccc2c(c1)OCC2. The van der Waals surface area contributed by atoms with Crippen LogP contribution in [0.25, 0.3) is 0 Å². The Hall–Kier alpha value is -1.25. The number of fused-ring (bicyclic) bond motifs is 1. The summed E-state index contributed by atoms with van der Waals surface area (Å²) in [5.41, 5.74) is 1.13. The molecular weight excluding hydrogens is 130 g/mol. The van der Waals surface area contributed by atoms with Crippen molar-refractivity contribution in [2.45, 2.75) is 6.42 Å². The molecule has 0 aliphatic carbocycles. The Morgan fingerprint density at radius 1 is 1.60 bits per heavy atom. The first kappa shape index (κ1) is 5.53. The first-order chi connectivity index (χ1) is 4.86. The molecule has 0 bridgehead atoms. The van der Waals surface area contributed by atoms with Gasteiger partial charge in [-0.25, -0.2) is 0 Å². The molecule has 1 aromatic rings. The van der Waals surface area contributed by atoms with Gasteiger partial charge in [-0.15, -0.1) is 0 Å². The number of rotatable bonds is 0. The molecule has 0 saturated heterocycles. The summed E-state index contributed by atoms with van der Waals surface area (Å²) in [6, 6.07) is 1.80. The molecule has 0 unspecified atom stereocenters. The van der Waals surface area contributed by atoms with Gasteiger partial charge < -0.3 is 9.94 Å². The smallest absolute Gasteiger partial charge is 0.222 e. The molecule has 0 aromatic carbocycles. The molecule has 1 aromatic heterocycles. The van der Waals surface area contributed by atoms with E-state index < -0.39 is 0 Å². The lowest BCUT2D eigenvalue weighted by Gasteiger charge is -1.97. The molecule has 1 aliphatic rings. The molecule has 0 fully saturated rings. The Balaban J connectivity index is 2.52. The molecule has 3 heteroatoms. The standard InChI is InChI=1S/C7H7NO2/c9-8-3-1-6-2-4-10-7(6)5-8/h1,3,5H,2,4H2. The minimum Gasteiger partial charge on any atom is -0.619 e. The van der Waals surface area contributed by atoms with Crippen molar-refractivity contribution in [3.63, 3.8) is 0 Å². The van der Waals surface area contributed by atoms with Crippen molar-refractivity contribution in [2.75, 3.05) is 6.61 Å². The van der Waals surface area contributed by atoms with Crippen LogP contribution in [0.4, 0.5) is 0 Å². The number of pyridine rings is 1. The minimum absolute atomic E-state index is 0.708. The normalized spacial score (nSPS) is 14.4. The average molecular weight is 137 g/mol. The first-order valence-electron chi connectivity index (χ1n) is 3.21. The molecule has 52 valence electrons. The van der Waals surface area contributed by atoms with E-state index in [9.17, 15) is 5.21 Å². The zero-order valence-corrected chi connectivity index (χ0v) is 5.41. The Kier molecular flexibility index (Phi) is 1.03. The van der Waals surface area contributed by atoms with Crippen LogP contribution in [0.2, 0.25) is 0 Å². The lowest BCUT2D eigenvalue weighted by molar-refractivity contribution is -0.605. The maximum Gasteiger partial charge on any atom is 0.222 e. The van der Waals surface area contributed by atoms with Gasteiger partial charge in [-0.2, -0.15) is 4.73 Å². The molecule has 0 N–H and O–H groups in total. The average Bonchev–Trinajstić information content (AvgIpc) is 2.33. The van der Waals surface area contributed by atoms with E-state index in [1.807, 2.05) is 0 Å². The van der Waals surface area contributed by atoms with E-state index in [2.05, 4.69) is 0 Å². The van der Waals surface area contributed by atoms with E-state index in [1.54, 1.807) is 6.07 Å². The van der Waals surface area contributed by atoms with Crippen LogP contribution in [0, 0.1) is 5.21 Å². The van der Waals surface area contributed by atoms with Crippen LogP contribution in [0.5, 0.6) is 5.75 Å². The molecule has 0 atom stereocenters. The van der Waals surface area contributed by atoms with Crippen molar-refractivity contribution in [1.29, 1.82) is 0 Å². The second kappa shape index (κ2) is 1.87. The molecular formula is C7H7NO2. The lowest BCUT2D eigenvalue weighted by atomic mass is 10.2. The van der Waals surface area contributed by atoms with Gasteiger partial charge in [0.05, 0.1) is 6.61 Å². The van der Waals surface area contributed by atoms with Gasteiger partial charge in [0.25, 0.3) is 0 Å². The number of aromatic nitrogens is 1. The first-order valence-corrected chi connectivity index (χ1v) is 3.21. The highest BCUT2D eigenvalue weighted by Gasteiger charge is 2.13. The van der Waals surface area contributed by atoms with E-state index in [-0.39, 0.29) is 0 Å². The number of nitrogens with zero attached hydrogens (tertiary/aromatic N) is 1. The highest BCUT2D eigenvalue weighted by Crippen LogP contribution is 2.21. The van der Waals surface area contributed by atoms with Gasteiger partial charge in [0, 0.05) is 18.1 Å². The Labute approximate surface area is 58.4 Å². The molecule has 0 amide bonds. The van der Waals surface area contributed by atoms with Crippen LogP contribution in [0.15, 0.2) is 18.5 Å². The zero-order chi connectivity index (χ0) is 6.97. The lowest BCUT2D eigenvalue weighted by Crippen LogP contribution is -2.23. The number of hydrogen-bond donors (Lipinski definition) is 0. The van der Waals surface area contributed by atoms with E-state index in [0.717, 1.165) is 22.5 Å². The van der Waals surface area contributed by atoms with Gasteiger partial charge in [0.1, 0.15) is 0 Å². The predicted octanol–water partition coefficient (Wildman–Crippen LogP) is 0.255. The van der Waals surface area contributed by atoms with Crippen LogP contribution in [0.3, 0.4) is 0 Å². The van der Waals surface area contributed by atoms with E-state index in [1.165, 1.54) is 12.4 Å². The van der Waals surface area contributed by atoms with Crippen LogP contribution in [-0.4, -0.2) is 6.61 Å². The van der Waals surface area contributed by atoms with Crippen molar-refractivity contribution < 1.29 is 9.47 Å². The van der Waals surface area contributed by atoms with Crippen molar-refractivity contribution in [1.82, 2.24) is 0 Å². The third-order valence-corrected chi connectivity index (χ3v) is 1.61. The quantitative estimate of drug-likeness (QED) is 0.379. The molecule has 0 spiro atoms. The molecule has 2 heterocycles. The monoisotopic (exact) mass is 137 g/mol. The molecule has 2 rings (SSSR count). The summed E-state index contributed by atoms with van der Waals surface area (Å²) < 4.78 is 5.91. The fraction of sp³-hybridized carbons (Fsp3) is 0.286. The second-order valence-electron chi connectivity index (χ2n) is 2.29. The van der Waals surface area contributed by atoms with Gasteiger partial charge in [0.15, 0.2) is 11.9 Å². The summed E-state index contributed by atoms with van der Waals surface area (Å²) in [6.45, 7) is 0.708. The Morgan fingerprint density at radius 3 is 3.40 bits per heavy atom. The van der Waals surface area contributed by atoms with Crippen molar-refractivity contribution in [3.8, 4) is 5.75 Å². The Bertz CT molecular complexity index is 260. The summed E-state index contributed by atoms with van der Waals surface area (Å²) in [4.78, 5) is 0. The molecule has 0 radical (unpaired) electrons. The molecule has 10 heavy (non-hydrogen) atoms. The third-order valence-electron chi connectivity index (χ3n) is 1.61. The number of hydrogen-bond acceptors (Lipinski definition) is 2. The highest BCUT2D eigenvalue weighted by atomic mass is 16.5. The van der Waals surface area contributed by atoms with Crippen molar-refractivity contribution in [2.24, 2.45) is 0 Å². The van der Waals surface area contributed by atoms with E-state index in [0.29, 0.717) is 6.61 Å². The van der Waals surface area contributed by atoms with Crippen LogP contribution in [0.1, 0.15) is 5.56 Å². The topological polar surface area (TPSA) is 36.2 Å². The van der Waals surface area contributed by atoms with Gasteiger partial charge in [-0.1, -0.05) is 0 Å². The fourth-order valence-electron chi connectivity index (χ4n) is 1.09. The van der Waals surface area contributed by atoms with Gasteiger partial charge in [0.2, 0.25) is 6.20 Å². The van der Waals surface area contributed by atoms with Crippen molar-refractivity contribution >= 4 is 0 Å². The van der Waals surface area contributed by atoms with Crippen molar-refractivity contribution in [3.05, 3.63) is 29.2 Å². The number of ether oxygens (including phenoxy) is 1. The summed E-state index contributed by atoms with van der Waals surface area (Å²) >= 11 is 0. The largest absolute Gasteiger partial charge is 0.619 e. The molecule has 3 nitrogen and oxygen atoms in total. The van der Waals surface area contributed by atoms with E-state index >= 15 is 0 Å². The Morgan fingerprint density at radius 2 is 2.50 bits per heavy atom. The van der Waals surface area contributed by atoms with Crippen LogP contribution < -0.4 is 9.47 Å². The highest BCUT2D eigenvalue weighted by molar-refractivity contribution is 5.31. The van der Waals surface area contributed by atoms with Crippen LogP contribution >= 0.6 is 0 Å². The molecule has 1 aliphatic heterocycles. The zero-order valence-electron chi connectivity index (χ0n) is 5.41. The maximum absolute atomic E-state index is 10.7. The molecule has 0 saturated carbocycles. The second-order valence-corrected chi connectivity index (χ2v) is 2.29. The van der Waals surface area contributed by atoms with E-state index in [4.69, 9.17) is 4.74 Å². The van der Waals surface area contributed by atoms with Gasteiger partial charge >= 0.3 is 0 Å².